The first-order chi connectivity index (χ1) is 9.22. The summed E-state index contributed by atoms with van der Waals surface area (Å²) in [5.74, 6) is 1.10. The Morgan fingerprint density at radius 3 is 2.68 bits per heavy atom. The van der Waals surface area contributed by atoms with E-state index in [9.17, 15) is 4.79 Å². The third-order valence-electron chi connectivity index (χ3n) is 4.54. The van der Waals surface area contributed by atoms with Crippen LogP contribution in [-0.2, 0) is 11.2 Å². The molecule has 0 radical (unpaired) electrons. The van der Waals surface area contributed by atoms with Gasteiger partial charge >= 0.3 is 0 Å². The van der Waals surface area contributed by atoms with Crippen LogP contribution >= 0.6 is 15.9 Å². The predicted molar refractivity (Wildman–Crippen MR) is 80.1 cm³/mol. The minimum absolute atomic E-state index is 0.0942. The Morgan fingerprint density at radius 2 is 1.95 bits per heavy atom. The van der Waals surface area contributed by atoms with E-state index in [4.69, 9.17) is 0 Å². The Bertz CT molecular complexity index is 442. The summed E-state index contributed by atoms with van der Waals surface area (Å²) in [7, 11) is 0. The summed E-state index contributed by atoms with van der Waals surface area (Å²) in [6, 6.07) is 8.77. The molecule has 1 aromatic carbocycles. The van der Waals surface area contributed by atoms with Gasteiger partial charge in [0.2, 0.25) is 0 Å². The Morgan fingerprint density at radius 1 is 1.21 bits per heavy atom. The Kier molecular flexibility index (Phi) is 4.04. The lowest BCUT2D eigenvalue weighted by atomic mass is 9.84. The molecule has 0 aromatic heterocycles. The van der Waals surface area contributed by atoms with Gasteiger partial charge in [-0.1, -0.05) is 40.9 Å². The van der Waals surface area contributed by atoms with E-state index < -0.39 is 0 Å². The molecule has 1 saturated heterocycles. The number of nitrogens with one attached hydrogen (secondary N) is 1. The summed E-state index contributed by atoms with van der Waals surface area (Å²) < 4.78 is 1.06. The second kappa shape index (κ2) is 5.76. The third kappa shape index (κ3) is 3.09. The summed E-state index contributed by atoms with van der Waals surface area (Å²) in [6.45, 7) is 0. The number of fused-ring (bicyclic) bond motifs is 1. The van der Waals surface area contributed by atoms with Crippen LogP contribution in [0.3, 0.4) is 0 Å². The molecule has 1 aromatic rings. The number of rotatable bonds is 3. The largest absolute Gasteiger partial charge is 0.304 e. The number of Topliss-reactive ketones (excluding diaryl/α,β-unsaturated/α-hetero) is 1. The molecular weight excluding hydrogens is 302 g/mol. The minimum Gasteiger partial charge on any atom is -0.304 e. The molecule has 2 fully saturated rings. The van der Waals surface area contributed by atoms with Gasteiger partial charge in [0.15, 0.2) is 5.78 Å². The fourth-order valence-corrected chi connectivity index (χ4v) is 3.75. The first-order valence-corrected chi connectivity index (χ1v) is 8.05. The average molecular weight is 322 g/mol. The van der Waals surface area contributed by atoms with Crippen molar-refractivity contribution in [2.45, 2.75) is 50.6 Å². The van der Waals surface area contributed by atoms with Crippen LogP contribution in [0.15, 0.2) is 28.7 Å². The predicted octanol–water partition coefficient (Wildman–Crippen LogP) is 3.48. The van der Waals surface area contributed by atoms with Gasteiger partial charge in [-0.15, -0.1) is 0 Å². The van der Waals surface area contributed by atoms with Crippen molar-refractivity contribution < 1.29 is 4.79 Å². The summed E-state index contributed by atoms with van der Waals surface area (Å²) >= 11 is 3.42. The standard InChI is InChI=1S/C16H20BrNO/c17-13-7-5-11(6-8-13)9-16(19)15-10-12-3-1-2-4-14(12)18-15/h5-8,12,14-15,18H,1-4,9-10H2. The molecular formula is C16H20BrNO. The average Bonchev–Trinajstić information content (AvgIpc) is 2.85. The normalized spacial score (nSPS) is 30.1. The van der Waals surface area contributed by atoms with Crippen LogP contribution in [0.4, 0.5) is 0 Å². The summed E-state index contributed by atoms with van der Waals surface area (Å²) in [4.78, 5) is 12.4. The number of ketones is 1. The molecule has 2 nitrogen and oxygen atoms in total. The molecule has 3 heteroatoms. The zero-order valence-corrected chi connectivity index (χ0v) is 12.7. The molecule has 1 N–H and O–H groups in total. The second-order valence-corrected chi connectivity index (χ2v) is 6.79. The van der Waals surface area contributed by atoms with Crippen molar-refractivity contribution >= 4 is 21.7 Å². The topological polar surface area (TPSA) is 29.1 Å². The Labute approximate surface area is 123 Å². The van der Waals surface area contributed by atoms with E-state index in [1.165, 1.54) is 25.7 Å². The van der Waals surface area contributed by atoms with Gasteiger partial charge in [-0.05, 0) is 42.9 Å². The van der Waals surface area contributed by atoms with Gasteiger partial charge in [0.1, 0.15) is 0 Å². The second-order valence-electron chi connectivity index (χ2n) is 5.88. The quantitative estimate of drug-likeness (QED) is 0.923. The van der Waals surface area contributed by atoms with Crippen LogP contribution in [-0.4, -0.2) is 17.9 Å². The van der Waals surface area contributed by atoms with Gasteiger partial charge in [0.25, 0.3) is 0 Å². The van der Waals surface area contributed by atoms with Crippen molar-refractivity contribution in [3.05, 3.63) is 34.3 Å². The highest BCUT2D eigenvalue weighted by molar-refractivity contribution is 9.10. The molecule has 102 valence electrons. The van der Waals surface area contributed by atoms with E-state index in [1.807, 2.05) is 24.3 Å². The zero-order valence-electron chi connectivity index (χ0n) is 11.1. The molecule has 0 spiro atoms. The molecule has 0 bridgehead atoms. The molecule has 1 aliphatic heterocycles. The highest BCUT2D eigenvalue weighted by Crippen LogP contribution is 2.33. The van der Waals surface area contributed by atoms with E-state index in [2.05, 4.69) is 21.2 Å². The lowest BCUT2D eigenvalue weighted by Gasteiger charge is -2.24. The van der Waals surface area contributed by atoms with Crippen LogP contribution in [0.2, 0.25) is 0 Å². The van der Waals surface area contributed by atoms with Crippen molar-refractivity contribution in [3.8, 4) is 0 Å². The van der Waals surface area contributed by atoms with E-state index in [1.54, 1.807) is 0 Å². The number of hydrogen-bond acceptors (Lipinski definition) is 2. The van der Waals surface area contributed by atoms with Crippen LogP contribution in [0.1, 0.15) is 37.7 Å². The number of carbonyl (C=O) groups is 1. The van der Waals surface area contributed by atoms with Gasteiger partial charge in [0, 0.05) is 16.9 Å². The van der Waals surface area contributed by atoms with Gasteiger partial charge in [-0.25, -0.2) is 0 Å². The maximum atomic E-state index is 12.4. The highest BCUT2D eigenvalue weighted by atomic mass is 79.9. The summed E-state index contributed by atoms with van der Waals surface area (Å²) in [6.07, 6.45) is 6.84. The third-order valence-corrected chi connectivity index (χ3v) is 5.07. The van der Waals surface area contributed by atoms with Crippen molar-refractivity contribution in [3.63, 3.8) is 0 Å². The number of hydrogen-bond donors (Lipinski definition) is 1. The van der Waals surface area contributed by atoms with Crippen LogP contribution in [0, 0.1) is 5.92 Å². The van der Waals surface area contributed by atoms with E-state index in [0.717, 1.165) is 22.4 Å². The fraction of sp³-hybridized carbons (Fsp3) is 0.562. The molecule has 0 amide bonds. The molecule has 1 saturated carbocycles. The van der Waals surface area contributed by atoms with Crippen LogP contribution < -0.4 is 5.32 Å². The molecule has 19 heavy (non-hydrogen) atoms. The number of carbonyl (C=O) groups excluding carboxylic acids is 1. The maximum absolute atomic E-state index is 12.4. The maximum Gasteiger partial charge on any atom is 0.154 e. The lowest BCUT2D eigenvalue weighted by molar-refractivity contribution is -0.120. The first-order valence-electron chi connectivity index (χ1n) is 7.25. The minimum atomic E-state index is 0.0942. The van der Waals surface area contributed by atoms with E-state index >= 15 is 0 Å². The van der Waals surface area contributed by atoms with Crippen molar-refractivity contribution in [1.82, 2.24) is 5.32 Å². The van der Waals surface area contributed by atoms with Gasteiger partial charge in [-0.3, -0.25) is 4.79 Å². The number of halogens is 1. The van der Waals surface area contributed by atoms with E-state index in [-0.39, 0.29) is 6.04 Å². The molecule has 1 aliphatic carbocycles. The van der Waals surface area contributed by atoms with Crippen LogP contribution in [0.25, 0.3) is 0 Å². The van der Waals surface area contributed by atoms with Crippen molar-refractivity contribution in [2.24, 2.45) is 5.92 Å². The Balaban J connectivity index is 1.60. The number of benzene rings is 1. The van der Waals surface area contributed by atoms with Gasteiger partial charge in [0.05, 0.1) is 6.04 Å². The van der Waals surface area contributed by atoms with Crippen LogP contribution in [0.5, 0.6) is 0 Å². The molecule has 3 unspecified atom stereocenters. The summed E-state index contributed by atoms with van der Waals surface area (Å²) in [5, 5.41) is 3.57. The smallest absolute Gasteiger partial charge is 0.154 e. The molecule has 1 heterocycles. The lowest BCUT2D eigenvalue weighted by Crippen LogP contribution is -2.37. The Hall–Kier alpha value is -0.670. The summed E-state index contributed by atoms with van der Waals surface area (Å²) in [5.41, 5.74) is 1.12. The molecule has 3 atom stereocenters. The van der Waals surface area contributed by atoms with Gasteiger partial charge in [-0.2, -0.15) is 0 Å². The van der Waals surface area contributed by atoms with Crippen molar-refractivity contribution in [1.29, 1.82) is 0 Å². The first kappa shape index (κ1) is 13.3. The van der Waals surface area contributed by atoms with Gasteiger partial charge < -0.3 is 5.32 Å². The van der Waals surface area contributed by atoms with E-state index in [0.29, 0.717) is 18.2 Å². The SMILES string of the molecule is O=C(Cc1ccc(Br)cc1)C1CC2CCCCC2N1. The highest BCUT2D eigenvalue weighted by Gasteiger charge is 2.37. The zero-order chi connectivity index (χ0) is 13.2. The fourth-order valence-electron chi connectivity index (χ4n) is 3.49. The monoisotopic (exact) mass is 321 g/mol. The molecule has 2 aliphatic rings. The van der Waals surface area contributed by atoms with Crippen molar-refractivity contribution in [2.75, 3.05) is 0 Å². The molecule has 3 rings (SSSR count).